The number of aliphatic carboxylic acids is 2. The first-order chi connectivity index (χ1) is 6.91. The molecule has 0 saturated carbocycles. The van der Waals surface area contributed by atoms with Gasteiger partial charge in [0, 0.05) is 13.0 Å². The van der Waals surface area contributed by atoms with Crippen LogP contribution < -0.4 is 0 Å². The molecule has 0 aliphatic carbocycles. The van der Waals surface area contributed by atoms with Gasteiger partial charge in [0.25, 0.3) is 0 Å². The average molecular weight is 222 g/mol. The van der Waals surface area contributed by atoms with Crippen molar-refractivity contribution in [1.82, 2.24) is 0 Å². The maximum absolute atomic E-state index is 9.90. The van der Waals surface area contributed by atoms with E-state index in [0.717, 1.165) is 6.42 Å². The van der Waals surface area contributed by atoms with Gasteiger partial charge in [-0.3, -0.25) is 4.79 Å². The summed E-state index contributed by atoms with van der Waals surface area (Å²) >= 11 is 0. The molecule has 0 aromatic carbocycles. The summed E-state index contributed by atoms with van der Waals surface area (Å²) < 4.78 is 0. The van der Waals surface area contributed by atoms with Gasteiger partial charge in [-0.15, -0.1) is 0 Å². The molecule has 0 fully saturated rings. The van der Waals surface area contributed by atoms with E-state index in [2.05, 4.69) is 0 Å². The van der Waals surface area contributed by atoms with Gasteiger partial charge < -0.3 is 20.4 Å². The molecule has 1 unspecified atom stereocenters. The molecule has 90 valence electrons. The number of carbonyl (C=O) groups is 2. The third-order valence-electron chi connectivity index (χ3n) is 1.41. The van der Waals surface area contributed by atoms with Crippen LogP contribution in [-0.4, -0.2) is 45.1 Å². The largest absolute Gasteiger partial charge is 0.481 e. The minimum Gasteiger partial charge on any atom is -0.481 e. The van der Waals surface area contributed by atoms with Crippen LogP contribution in [0.3, 0.4) is 0 Å². The fourth-order valence-corrected chi connectivity index (χ4v) is 0.565. The van der Waals surface area contributed by atoms with Gasteiger partial charge in [-0.25, -0.2) is 4.79 Å². The highest BCUT2D eigenvalue weighted by molar-refractivity contribution is 5.71. The van der Waals surface area contributed by atoms with Crippen LogP contribution in [0.15, 0.2) is 0 Å². The Kier molecular flexibility index (Phi) is 11.9. The summed E-state index contributed by atoms with van der Waals surface area (Å²) in [6, 6.07) is 0. The molecule has 0 heterocycles. The van der Waals surface area contributed by atoms with Crippen molar-refractivity contribution in [2.24, 2.45) is 0 Å². The van der Waals surface area contributed by atoms with Crippen molar-refractivity contribution < 1.29 is 30.0 Å². The number of rotatable bonds is 6. The van der Waals surface area contributed by atoms with Crippen LogP contribution in [0.4, 0.5) is 0 Å². The zero-order valence-electron chi connectivity index (χ0n) is 8.72. The van der Waals surface area contributed by atoms with Crippen LogP contribution in [0, 0.1) is 0 Å². The Balaban J connectivity index is 0. The molecule has 0 radical (unpaired) electrons. The molecule has 6 heteroatoms. The van der Waals surface area contributed by atoms with E-state index < -0.39 is 18.0 Å². The first-order valence-electron chi connectivity index (χ1n) is 4.65. The lowest BCUT2D eigenvalue weighted by Gasteiger charge is -1.92. The number of hydrogen-bond donors (Lipinski definition) is 4. The predicted molar refractivity (Wildman–Crippen MR) is 52.5 cm³/mol. The van der Waals surface area contributed by atoms with Crippen LogP contribution in [-0.2, 0) is 9.59 Å². The van der Waals surface area contributed by atoms with Crippen molar-refractivity contribution in [3.8, 4) is 0 Å². The summed E-state index contributed by atoms with van der Waals surface area (Å²) in [4.78, 5) is 19.3. The summed E-state index contributed by atoms with van der Waals surface area (Å²) in [7, 11) is 0. The summed E-state index contributed by atoms with van der Waals surface area (Å²) in [5.41, 5.74) is 0. The lowest BCUT2D eigenvalue weighted by Crippen LogP contribution is -2.13. The minimum atomic E-state index is -1.23. The molecule has 0 aliphatic rings. The molecule has 15 heavy (non-hydrogen) atoms. The van der Waals surface area contributed by atoms with Crippen molar-refractivity contribution in [3.63, 3.8) is 0 Å². The highest BCUT2D eigenvalue weighted by Gasteiger charge is 2.01. The Hall–Kier alpha value is -1.14. The minimum absolute atomic E-state index is 0.166. The van der Waals surface area contributed by atoms with Crippen molar-refractivity contribution in [1.29, 1.82) is 0 Å². The molecule has 1 atom stereocenters. The second-order valence-electron chi connectivity index (χ2n) is 2.94. The molecule has 0 amide bonds. The van der Waals surface area contributed by atoms with E-state index >= 15 is 0 Å². The SMILES string of the molecule is CC(O)C(=O)O.O=C(O)CCCCCO. The Bertz CT molecular complexity index is 177. The standard InChI is InChI=1S/C6H12O3.C3H6O3/c7-5-3-1-2-4-6(8)9;1-2(4)3(5)6/h7H,1-5H2,(H,8,9);2,4H,1H3,(H,5,6). The molecule has 0 spiro atoms. The molecule has 0 aliphatic heterocycles. The summed E-state index contributed by atoms with van der Waals surface area (Å²) in [6.45, 7) is 1.36. The molecular weight excluding hydrogens is 204 g/mol. The molecule has 0 bridgehead atoms. The highest BCUT2D eigenvalue weighted by Crippen LogP contribution is 1.97. The van der Waals surface area contributed by atoms with Crippen molar-refractivity contribution in [2.45, 2.75) is 38.7 Å². The highest BCUT2D eigenvalue weighted by atomic mass is 16.4. The van der Waals surface area contributed by atoms with Crippen molar-refractivity contribution >= 4 is 11.9 Å². The van der Waals surface area contributed by atoms with E-state index in [1.54, 1.807) is 0 Å². The van der Waals surface area contributed by atoms with Crippen molar-refractivity contribution in [2.75, 3.05) is 6.61 Å². The summed E-state index contributed by atoms with van der Waals surface area (Å²) in [5, 5.41) is 32.2. The van der Waals surface area contributed by atoms with Crippen LogP contribution in [0.25, 0.3) is 0 Å². The van der Waals surface area contributed by atoms with Crippen LogP contribution in [0.1, 0.15) is 32.6 Å². The van der Waals surface area contributed by atoms with Gasteiger partial charge >= 0.3 is 11.9 Å². The second-order valence-corrected chi connectivity index (χ2v) is 2.94. The number of carboxylic acids is 2. The zero-order chi connectivity index (χ0) is 12.3. The first kappa shape index (κ1) is 16.3. The maximum Gasteiger partial charge on any atom is 0.332 e. The number of unbranched alkanes of at least 4 members (excludes halogenated alkanes) is 2. The fraction of sp³-hybridized carbons (Fsp3) is 0.778. The maximum atomic E-state index is 9.90. The number of aliphatic hydroxyl groups is 2. The third kappa shape index (κ3) is 19.3. The summed E-state index contributed by atoms with van der Waals surface area (Å²) in [5.74, 6) is -1.94. The molecule has 6 nitrogen and oxygen atoms in total. The monoisotopic (exact) mass is 222 g/mol. The number of hydrogen-bond acceptors (Lipinski definition) is 4. The predicted octanol–water partition coefficient (Wildman–Crippen LogP) is 0.0755. The second kappa shape index (κ2) is 10.9. The Morgan fingerprint density at radius 1 is 1.13 bits per heavy atom. The third-order valence-corrected chi connectivity index (χ3v) is 1.41. The zero-order valence-corrected chi connectivity index (χ0v) is 8.72. The van der Waals surface area contributed by atoms with Gasteiger partial charge in [-0.1, -0.05) is 6.42 Å². The topological polar surface area (TPSA) is 115 Å². The van der Waals surface area contributed by atoms with Gasteiger partial charge in [0.2, 0.25) is 0 Å². The quantitative estimate of drug-likeness (QED) is 0.473. The molecule has 0 aromatic heterocycles. The smallest absolute Gasteiger partial charge is 0.332 e. The van der Waals surface area contributed by atoms with Gasteiger partial charge in [0.05, 0.1) is 0 Å². The van der Waals surface area contributed by atoms with Crippen LogP contribution >= 0.6 is 0 Å². The molecule has 0 aromatic rings. The molecular formula is C9H18O6. The first-order valence-corrected chi connectivity index (χ1v) is 4.65. The lowest BCUT2D eigenvalue weighted by molar-refractivity contribution is -0.145. The van der Waals surface area contributed by atoms with Gasteiger partial charge in [0.15, 0.2) is 0 Å². The van der Waals surface area contributed by atoms with E-state index in [1.165, 1.54) is 6.92 Å². The Morgan fingerprint density at radius 3 is 1.87 bits per heavy atom. The lowest BCUT2D eigenvalue weighted by atomic mass is 10.2. The normalized spacial score (nSPS) is 11.1. The van der Waals surface area contributed by atoms with Gasteiger partial charge in [-0.05, 0) is 19.8 Å². The van der Waals surface area contributed by atoms with E-state index in [1.807, 2.05) is 0 Å². The Morgan fingerprint density at radius 2 is 1.60 bits per heavy atom. The fourth-order valence-electron chi connectivity index (χ4n) is 0.565. The number of carboxylic acid groups (broad SMARTS) is 2. The van der Waals surface area contributed by atoms with E-state index in [4.69, 9.17) is 20.4 Å². The van der Waals surface area contributed by atoms with Crippen LogP contribution in [0.2, 0.25) is 0 Å². The van der Waals surface area contributed by atoms with Gasteiger partial charge in [0.1, 0.15) is 6.10 Å². The van der Waals surface area contributed by atoms with E-state index in [0.29, 0.717) is 12.8 Å². The molecule has 0 saturated heterocycles. The molecule has 0 rings (SSSR count). The van der Waals surface area contributed by atoms with E-state index in [9.17, 15) is 9.59 Å². The van der Waals surface area contributed by atoms with E-state index in [-0.39, 0.29) is 13.0 Å². The average Bonchev–Trinajstić information content (AvgIpc) is 2.13. The molecule has 4 N–H and O–H groups in total. The van der Waals surface area contributed by atoms with Crippen molar-refractivity contribution in [3.05, 3.63) is 0 Å². The number of aliphatic hydroxyl groups excluding tert-OH is 2. The van der Waals surface area contributed by atoms with Gasteiger partial charge in [-0.2, -0.15) is 0 Å². The summed E-state index contributed by atoms with van der Waals surface area (Å²) in [6.07, 6.45) is 1.19. The van der Waals surface area contributed by atoms with Crippen LogP contribution in [0.5, 0.6) is 0 Å². The Labute approximate surface area is 88.2 Å².